The topological polar surface area (TPSA) is 34.1 Å². The lowest BCUT2D eigenvalue weighted by Gasteiger charge is -2.10. The van der Waals surface area contributed by atoms with E-state index in [1.165, 1.54) is 13.8 Å². The minimum Gasteiger partial charge on any atom is -0.297 e. The number of hydrogen-bond donors (Lipinski definition) is 0. The zero-order chi connectivity index (χ0) is 7.65. The lowest BCUT2D eigenvalue weighted by atomic mass is 10.2. The highest BCUT2D eigenvalue weighted by Crippen LogP contribution is 2.25. The number of carbonyl (C=O) groups excluding carboxylic acids is 2. The largest absolute Gasteiger partial charge is 0.297 e. The molecule has 0 fully saturated rings. The van der Waals surface area contributed by atoms with Gasteiger partial charge in [-0.3, -0.25) is 9.59 Å². The van der Waals surface area contributed by atoms with Crippen molar-refractivity contribution < 1.29 is 9.59 Å². The maximum atomic E-state index is 10.5. The molecular formula is C5H6BrClO2. The van der Waals surface area contributed by atoms with Crippen LogP contribution in [0.3, 0.4) is 0 Å². The number of alkyl halides is 2. The second-order valence-electron chi connectivity index (χ2n) is 1.69. The Morgan fingerprint density at radius 2 is 1.56 bits per heavy atom. The monoisotopic (exact) mass is 212 g/mol. The predicted octanol–water partition coefficient (Wildman–Crippen LogP) is 1.49. The molecule has 0 atom stereocenters. The number of hydrogen-bond acceptors (Lipinski definition) is 2. The van der Waals surface area contributed by atoms with Gasteiger partial charge in [0.05, 0.1) is 0 Å². The molecule has 0 saturated heterocycles. The molecule has 0 heterocycles. The molecule has 4 heteroatoms. The molecule has 0 amide bonds. The van der Waals surface area contributed by atoms with Crippen LogP contribution in [0, 0.1) is 0 Å². The molecule has 0 aromatic rings. The molecule has 52 valence electrons. The van der Waals surface area contributed by atoms with E-state index in [1.54, 1.807) is 0 Å². The van der Waals surface area contributed by atoms with E-state index in [1.807, 2.05) is 0 Å². The fraction of sp³-hybridized carbons (Fsp3) is 0.600. The van der Waals surface area contributed by atoms with Crippen LogP contribution in [0.1, 0.15) is 13.8 Å². The van der Waals surface area contributed by atoms with Crippen molar-refractivity contribution in [1.29, 1.82) is 0 Å². The molecule has 2 nitrogen and oxygen atoms in total. The molecule has 0 radical (unpaired) electrons. The SMILES string of the molecule is CC(=O)C(Cl)(Br)C(C)=O. The molecule has 0 rings (SSSR count). The molecule has 0 aliphatic heterocycles. The summed E-state index contributed by atoms with van der Waals surface area (Å²) in [6.07, 6.45) is 0. The van der Waals surface area contributed by atoms with Crippen LogP contribution in [0.2, 0.25) is 0 Å². The van der Waals surface area contributed by atoms with Crippen molar-refractivity contribution in [3.8, 4) is 0 Å². The zero-order valence-electron chi connectivity index (χ0n) is 5.07. The minimum atomic E-state index is -1.49. The fourth-order valence-corrected chi connectivity index (χ4v) is 0.248. The third kappa shape index (κ3) is 2.06. The van der Waals surface area contributed by atoms with Crippen LogP contribution in [-0.2, 0) is 9.59 Å². The maximum absolute atomic E-state index is 10.5. The van der Waals surface area contributed by atoms with Crippen molar-refractivity contribution in [2.24, 2.45) is 0 Å². The van der Waals surface area contributed by atoms with Gasteiger partial charge in [0.25, 0.3) is 0 Å². The number of rotatable bonds is 2. The number of Topliss-reactive ketones (excluding diaryl/α,β-unsaturated/α-hetero) is 2. The quantitative estimate of drug-likeness (QED) is 0.514. The van der Waals surface area contributed by atoms with Gasteiger partial charge in [0.15, 0.2) is 11.6 Å². The Morgan fingerprint density at radius 3 is 1.56 bits per heavy atom. The summed E-state index contributed by atoms with van der Waals surface area (Å²) in [5, 5.41) is 0. The molecule has 0 aliphatic carbocycles. The minimum absolute atomic E-state index is 0.392. The third-order valence-electron chi connectivity index (χ3n) is 0.884. The molecule has 0 spiro atoms. The predicted molar refractivity (Wildman–Crippen MR) is 38.9 cm³/mol. The Bertz CT molecular complexity index is 137. The highest BCUT2D eigenvalue weighted by molar-refractivity contribution is 9.11. The molecule has 0 saturated carbocycles. The van der Waals surface area contributed by atoms with Gasteiger partial charge in [-0.05, 0) is 13.8 Å². The van der Waals surface area contributed by atoms with Crippen molar-refractivity contribution in [2.45, 2.75) is 17.6 Å². The van der Waals surface area contributed by atoms with E-state index in [4.69, 9.17) is 11.6 Å². The summed E-state index contributed by atoms with van der Waals surface area (Å²) in [5.41, 5.74) is 0. The van der Waals surface area contributed by atoms with Gasteiger partial charge in [-0.1, -0.05) is 27.5 Å². The van der Waals surface area contributed by atoms with Crippen LogP contribution in [0.5, 0.6) is 0 Å². The number of ketones is 2. The molecule has 0 N–H and O–H groups in total. The van der Waals surface area contributed by atoms with Gasteiger partial charge in [-0.2, -0.15) is 0 Å². The van der Waals surface area contributed by atoms with E-state index in [9.17, 15) is 9.59 Å². The Kier molecular flexibility index (Phi) is 2.83. The van der Waals surface area contributed by atoms with Crippen LogP contribution in [0.25, 0.3) is 0 Å². The average molecular weight is 213 g/mol. The fourth-order valence-electron chi connectivity index (χ4n) is 0.248. The lowest BCUT2D eigenvalue weighted by Crippen LogP contribution is -2.30. The van der Waals surface area contributed by atoms with Crippen LogP contribution in [-0.4, -0.2) is 15.3 Å². The van der Waals surface area contributed by atoms with E-state index in [0.29, 0.717) is 0 Å². The van der Waals surface area contributed by atoms with Crippen LogP contribution < -0.4 is 0 Å². The van der Waals surface area contributed by atoms with Gasteiger partial charge < -0.3 is 0 Å². The van der Waals surface area contributed by atoms with Crippen LogP contribution in [0.15, 0.2) is 0 Å². The van der Waals surface area contributed by atoms with Gasteiger partial charge in [-0.15, -0.1) is 0 Å². The first-order chi connectivity index (χ1) is 3.89. The van der Waals surface area contributed by atoms with Crippen molar-refractivity contribution >= 4 is 39.1 Å². The molecule has 0 bridgehead atoms. The summed E-state index contributed by atoms with van der Waals surface area (Å²) >= 11 is 8.20. The van der Waals surface area contributed by atoms with Crippen LogP contribution >= 0.6 is 27.5 Å². The van der Waals surface area contributed by atoms with Crippen LogP contribution in [0.4, 0.5) is 0 Å². The Labute approximate surface area is 66.7 Å². The average Bonchev–Trinajstić information content (AvgIpc) is 1.65. The molecule has 9 heavy (non-hydrogen) atoms. The smallest absolute Gasteiger partial charge is 0.214 e. The van der Waals surface area contributed by atoms with E-state index < -0.39 is 15.3 Å². The van der Waals surface area contributed by atoms with Crippen molar-refractivity contribution in [2.75, 3.05) is 0 Å². The number of halogens is 2. The van der Waals surface area contributed by atoms with E-state index >= 15 is 0 Å². The maximum Gasteiger partial charge on any atom is 0.214 e. The van der Waals surface area contributed by atoms with Gasteiger partial charge in [0, 0.05) is 0 Å². The zero-order valence-corrected chi connectivity index (χ0v) is 7.41. The first-order valence-corrected chi connectivity index (χ1v) is 3.46. The van der Waals surface area contributed by atoms with Crippen molar-refractivity contribution in [3.63, 3.8) is 0 Å². The van der Waals surface area contributed by atoms with Gasteiger partial charge in [-0.25, -0.2) is 0 Å². The second kappa shape index (κ2) is 2.80. The Hall–Kier alpha value is 0.110. The van der Waals surface area contributed by atoms with E-state index in [-0.39, 0.29) is 0 Å². The van der Waals surface area contributed by atoms with Gasteiger partial charge >= 0.3 is 0 Å². The van der Waals surface area contributed by atoms with E-state index in [0.717, 1.165) is 0 Å². The third-order valence-corrected chi connectivity index (χ3v) is 2.53. The summed E-state index contributed by atoms with van der Waals surface area (Å²) in [4.78, 5) is 21.0. The lowest BCUT2D eigenvalue weighted by molar-refractivity contribution is -0.125. The summed E-state index contributed by atoms with van der Waals surface area (Å²) in [7, 11) is 0. The Balaban J connectivity index is 4.38. The van der Waals surface area contributed by atoms with Crippen molar-refractivity contribution in [1.82, 2.24) is 0 Å². The second-order valence-corrected chi connectivity index (χ2v) is 3.90. The molecule has 0 aromatic heterocycles. The summed E-state index contributed by atoms with van der Waals surface area (Å²) in [5.74, 6) is -0.784. The standard InChI is InChI=1S/C5H6BrClO2/c1-3(8)5(6,7)4(2)9/h1-2H3. The molecule has 0 unspecified atom stereocenters. The highest BCUT2D eigenvalue weighted by atomic mass is 79.9. The van der Waals surface area contributed by atoms with E-state index in [2.05, 4.69) is 15.9 Å². The molecule has 0 aromatic carbocycles. The molecular weight excluding hydrogens is 207 g/mol. The summed E-state index contributed by atoms with van der Waals surface area (Å²) in [6, 6.07) is 0. The first kappa shape index (κ1) is 9.11. The van der Waals surface area contributed by atoms with Crippen molar-refractivity contribution in [3.05, 3.63) is 0 Å². The Morgan fingerprint density at radius 1 is 1.33 bits per heavy atom. The summed E-state index contributed by atoms with van der Waals surface area (Å²) in [6.45, 7) is 2.51. The highest BCUT2D eigenvalue weighted by Gasteiger charge is 2.34. The summed E-state index contributed by atoms with van der Waals surface area (Å²) < 4.78 is -1.49. The first-order valence-electron chi connectivity index (χ1n) is 2.29. The van der Waals surface area contributed by atoms with Gasteiger partial charge in [0.2, 0.25) is 3.78 Å². The normalized spacial score (nSPS) is 11.1. The number of carbonyl (C=O) groups is 2. The molecule has 0 aliphatic rings. The van der Waals surface area contributed by atoms with Gasteiger partial charge in [0.1, 0.15) is 0 Å².